The van der Waals surface area contributed by atoms with Crippen LogP contribution in [0.25, 0.3) is 22.1 Å². The predicted molar refractivity (Wildman–Crippen MR) is 161 cm³/mol. The van der Waals surface area contributed by atoms with Gasteiger partial charge in [-0.2, -0.15) is 5.10 Å². The lowest BCUT2D eigenvalue weighted by molar-refractivity contribution is 0.0941. The molecule has 0 saturated carbocycles. The number of aliphatic hydroxyl groups is 1. The lowest BCUT2D eigenvalue weighted by Crippen LogP contribution is -2.32. The second-order valence-corrected chi connectivity index (χ2v) is 10.5. The maximum atomic E-state index is 14.3. The van der Waals surface area contributed by atoms with Gasteiger partial charge in [-0.05, 0) is 42.6 Å². The largest absolute Gasteiger partial charge is 0.391 e. The number of pyridine rings is 1. The second kappa shape index (κ2) is 10.3. The second-order valence-electron chi connectivity index (χ2n) is 10.5. The minimum Gasteiger partial charge on any atom is -0.391 e. The van der Waals surface area contributed by atoms with E-state index in [2.05, 4.69) is 32.3 Å². The molecule has 212 valence electrons. The molecule has 43 heavy (non-hydrogen) atoms. The van der Waals surface area contributed by atoms with Gasteiger partial charge in [0.05, 0.1) is 41.5 Å². The standard InChI is InChI=1S/C32H26N8O3/c1-19(36-31(42)28-29(33)37-38-14-6-13-34-30(28)38)25-15-21-8-5-7-20(11-12-22-17-35-39-18-24(41)16-26(22)39)27(21)32(43)40(25)23-9-3-2-4-10-23/h2-10,13-15,17,19,24,41H,16,18H2,1H3,(H2,33,37)(H,36,42)/t19-,24+/m0/s1. The lowest BCUT2D eigenvalue weighted by Gasteiger charge is -2.21. The van der Waals surface area contributed by atoms with Gasteiger partial charge in [-0.3, -0.25) is 18.8 Å². The van der Waals surface area contributed by atoms with Crippen molar-refractivity contribution in [2.24, 2.45) is 0 Å². The van der Waals surface area contributed by atoms with Crippen LogP contribution in [0.3, 0.4) is 0 Å². The number of nitrogen functional groups attached to an aromatic ring is 1. The number of carbonyl (C=O) groups is 1. The Morgan fingerprint density at radius 1 is 1.12 bits per heavy atom. The van der Waals surface area contributed by atoms with Crippen molar-refractivity contribution in [1.82, 2.24) is 34.3 Å². The summed E-state index contributed by atoms with van der Waals surface area (Å²) in [6.45, 7) is 2.26. The maximum Gasteiger partial charge on any atom is 0.264 e. The first kappa shape index (κ1) is 26.2. The molecule has 0 radical (unpaired) electrons. The Labute approximate surface area is 245 Å². The van der Waals surface area contributed by atoms with E-state index in [1.807, 2.05) is 61.5 Å². The van der Waals surface area contributed by atoms with Crippen LogP contribution >= 0.6 is 0 Å². The number of para-hydroxylation sites is 1. The van der Waals surface area contributed by atoms with Crippen LogP contribution in [0.2, 0.25) is 0 Å². The number of nitrogens with zero attached hydrogens (tertiary/aromatic N) is 6. The SMILES string of the molecule is C[C@H](NC(=O)c1c(N)nn2cccnc12)c1cc2cccc(C#Cc3cnn4c3C[C@@H](O)C4)c2c(=O)n1-c1ccccc1. The fraction of sp³-hybridized carbons (Fsp3) is 0.156. The number of nitrogens with one attached hydrogen (secondary N) is 1. The Kier molecular flexibility index (Phi) is 6.26. The van der Waals surface area contributed by atoms with Crippen molar-refractivity contribution in [3.05, 3.63) is 118 Å². The van der Waals surface area contributed by atoms with Crippen LogP contribution in [0.5, 0.6) is 0 Å². The third kappa shape index (κ3) is 4.50. The highest BCUT2D eigenvalue weighted by Crippen LogP contribution is 2.25. The fourth-order valence-electron chi connectivity index (χ4n) is 5.62. The summed E-state index contributed by atoms with van der Waals surface area (Å²) in [5.41, 5.74) is 9.73. The molecule has 2 aromatic carbocycles. The quantitative estimate of drug-likeness (QED) is 0.276. The first-order chi connectivity index (χ1) is 20.9. The van der Waals surface area contributed by atoms with Crippen LogP contribution in [0, 0.1) is 11.8 Å². The van der Waals surface area contributed by atoms with E-state index >= 15 is 0 Å². The zero-order chi connectivity index (χ0) is 29.7. The van der Waals surface area contributed by atoms with Crippen molar-refractivity contribution in [3.8, 4) is 17.5 Å². The van der Waals surface area contributed by atoms with Crippen molar-refractivity contribution < 1.29 is 9.90 Å². The molecule has 0 fully saturated rings. The van der Waals surface area contributed by atoms with Gasteiger partial charge in [-0.25, -0.2) is 9.50 Å². The number of aromatic nitrogens is 6. The van der Waals surface area contributed by atoms with Gasteiger partial charge in [0, 0.05) is 35.8 Å². The topological polar surface area (TPSA) is 145 Å². The van der Waals surface area contributed by atoms with Crippen LogP contribution in [-0.2, 0) is 13.0 Å². The zero-order valence-electron chi connectivity index (χ0n) is 23.1. The first-order valence-corrected chi connectivity index (χ1v) is 13.8. The number of nitrogens with two attached hydrogens (primary N) is 1. The molecule has 0 spiro atoms. The number of rotatable bonds is 4. The van der Waals surface area contributed by atoms with E-state index in [0.717, 1.165) is 11.3 Å². The Bertz CT molecular complexity index is 2170. The average molecular weight is 571 g/mol. The summed E-state index contributed by atoms with van der Waals surface area (Å²) >= 11 is 0. The monoisotopic (exact) mass is 570 g/mol. The van der Waals surface area contributed by atoms with Crippen molar-refractivity contribution >= 4 is 28.1 Å². The van der Waals surface area contributed by atoms with Crippen LogP contribution < -0.4 is 16.6 Å². The van der Waals surface area contributed by atoms with E-state index in [1.54, 1.807) is 33.9 Å². The number of hydrogen-bond acceptors (Lipinski definition) is 7. The lowest BCUT2D eigenvalue weighted by atomic mass is 10.0. The van der Waals surface area contributed by atoms with Crippen LogP contribution in [-0.4, -0.2) is 46.1 Å². The van der Waals surface area contributed by atoms with E-state index in [4.69, 9.17) is 5.73 Å². The van der Waals surface area contributed by atoms with E-state index in [0.29, 0.717) is 46.3 Å². The molecule has 6 aromatic rings. The molecule has 11 nitrogen and oxygen atoms in total. The number of benzene rings is 2. The number of hydrogen-bond donors (Lipinski definition) is 3. The van der Waals surface area contributed by atoms with Crippen LogP contribution in [0.15, 0.2) is 84.0 Å². The fourth-order valence-corrected chi connectivity index (χ4v) is 5.62. The number of anilines is 1. The molecule has 0 aliphatic carbocycles. The van der Waals surface area contributed by atoms with Gasteiger partial charge in [-0.15, -0.1) is 5.10 Å². The Morgan fingerprint density at radius 3 is 2.77 bits per heavy atom. The molecule has 4 aromatic heterocycles. The van der Waals surface area contributed by atoms with E-state index in [9.17, 15) is 14.7 Å². The normalized spacial score (nSPS) is 14.8. The van der Waals surface area contributed by atoms with Gasteiger partial charge in [-0.1, -0.05) is 42.2 Å². The minimum atomic E-state index is -0.598. The van der Waals surface area contributed by atoms with Crippen LogP contribution in [0.4, 0.5) is 5.82 Å². The Hall–Kier alpha value is -5.73. The van der Waals surface area contributed by atoms with Crippen LogP contribution in [0.1, 0.15) is 45.8 Å². The predicted octanol–water partition coefficient (Wildman–Crippen LogP) is 2.62. The molecule has 1 aliphatic rings. The Balaban J connectivity index is 1.33. The molecule has 7 rings (SSSR count). The van der Waals surface area contributed by atoms with E-state index < -0.39 is 18.1 Å². The molecule has 1 aliphatic heterocycles. The molecule has 0 bridgehead atoms. The number of aliphatic hydroxyl groups excluding tert-OH is 1. The summed E-state index contributed by atoms with van der Waals surface area (Å²) in [7, 11) is 0. The smallest absolute Gasteiger partial charge is 0.264 e. The zero-order valence-corrected chi connectivity index (χ0v) is 23.1. The summed E-state index contributed by atoms with van der Waals surface area (Å²) in [5.74, 6) is 5.95. The molecule has 0 unspecified atom stereocenters. The third-order valence-corrected chi connectivity index (χ3v) is 7.62. The maximum absolute atomic E-state index is 14.3. The van der Waals surface area contributed by atoms with Crippen molar-refractivity contribution in [1.29, 1.82) is 0 Å². The molecular formula is C32H26N8O3. The Morgan fingerprint density at radius 2 is 1.93 bits per heavy atom. The average Bonchev–Trinajstić information content (AvgIpc) is 3.67. The first-order valence-electron chi connectivity index (χ1n) is 13.8. The highest BCUT2D eigenvalue weighted by Gasteiger charge is 2.25. The summed E-state index contributed by atoms with van der Waals surface area (Å²) in [6.07, 6.45) is 4.94. The summed E-state index contributed by atoms with van der Waals surface area (Å²) in [5, 5.41) is 22.7. The number of fused-ring (bicyclic) bond motifs is 3. The number of amides is 1. The molecule has 1 amide bonds. The van der Waals surface area contributed by atoms with E-state index in [-0.39, 0.29) is 16.9 Å². The minimum absolute atomic E-state index is 0.0594. The molecule has 0 saturated heterocycles. The summed E-state index contributed by atoms with van der Waals surface area (Å²) < 4.78 is 4.82. The molecule has 4 N–H and O–H groups in total. The molecule has 11 heteroatoms. The van der Waals surface area contributed by atoms with Crippen molar-refractivity contribution in [2.45, 2.75) is 32.0 Å². The summed E-state index contributed by atoms with van der Waals surface area (Å²) in [4.78, 5) is 32.0. The van der Waals surface area contributed by atoms with E-state index in [1.165, 1.54) is 4.52 Å². The number of carbonyl (C=O) groups excluding carboxylic acids is 1. The third-order valence-electron chi connectivity index (χ3n) is 7.62. The van der Waals surface area contributed by atoms with Gasteiger partial charge < -0.3 is 16.2 Å². The van der Waals surface area contributed by atoms with Crippen molar-refractivity contribution in [3.63, 3.8) is 0 Å². The molecular weight excluding hydrogens is 544 g/mol. The highest BCUT2D eigenvalue weighted by atomic mass is 16.3. The van der Waals surface area contributed by atoms with Gasteiger partial charge >= 0.3 is 0 Å². The highest BCUT2D eigenvalue weighted by molar-refractivity contribution is 6.04. The molecule has 2 atom stereocenters. The van der Waals surface area contributed by atoms with Crippen molar-refractivity contribution in [2.75, 3.05) is 5.73 Å². The van der Waals surface area contributed by atoms with Gasteiger partial charge in [0.15, 0.2) is 11.5 Å². The molecule has 5 heterocycles. The van der Waals surface area contributed by atoms with Gasteiger partial charge in [0.25, 0.3) is 11.5 Å². The van der Waals surface area contributed by atoms with Gasteiger partial charge in [0.2, 0.25) is 0 Å². The summed E-state index contributed by atoms with van der Waals surface area (Å²) in [6, 6.07) is 17.8. The van der Waals surface area contributed by atoms with Gasteiger partial charge in [0.1, 0.15) is 5.56 Å².